The molecule has 0 spiro atoms. The first-order chi connectivity index (χ1) is 9.90. The Morgan fingerprint density at radius 1 is 1.24 bits per heavy atom. The quantitative estimate of drug-likeness (QED) is 0.922. The van der Waals surface area contributed by atoms with E-state index in [4.69, 9.17) is 4.74 Å². The molecule has 0 bridgehead atoms. The molecular formula is C15H18N2O3S. The summed E-state index contributed by atoms with van der Waals surface area (Å²) in [5.41, 5.74) is 3.34. The summed E-state index contributed by atoms with van der Waals surface area (Å²) in [6.07, 6.45) is 4.56. The minimum Gasteiger partial charge on any atom is -0.493 e. The topological polar surface area (TPSA) is 68.3 Å². The third kappa shape index (κ3) is 3.95. The number of sulfonamides is 1. The number of nitrogens with one attached hydrogen (secondary N) is 1. The van der Waals surface area contributed by atoms with Crippen molar-refractivity contribution < 1.29 is 13.2 Å². The van der Waals surface area contributed by atoms with Gasteiger partial charge in [0.25, 0.3) is 0 Å². The van der Waals surface area contributed by atoms with Gasteiger partial charge in [-0.25, -0.2) is 8.42 Å². The van der Waals surface area contributed by atoms with Crippen molar-refractivity contribution in [2.24, 2.45) is 0 Å². The Kier molecular flexibility index (Phi) is 4.47. The Labute approximate surface area is 125 Å². The molecule has 112 valence electrons. The molecule has 2 aromatic rings. The van der Waals surface area contributed by atoms with Crippen molar-refractivity contribution in [2.75, 3.05) is 17.6 Å². The van der Waals surface area contributed by atoms with Crippen LogP contribution in [0.3, 0.4) is 0 Å². The zero-order valence-corrected chi connectivity index (χ0v) is 13.1. The lowest BCUT2D eigenvalue weighted by atomic mass is 10.0. The molecular weight excluding hydrogens is 288 g/mol. The fourth-order valence-electron chi connectivity index (χ4n) is 2.11. The van der Waals surface area contributed by atoms with Crippen LogP contribution in [0.1, 0.15) is 12.5 Å². The second-order valence-corrected chi connectivity index (χ2v) is 6.46. The number of hydrogen-bond donors (Lipinski definition) is 1. The molecule has 0 saturated heterocycles. The summed E-state index contributed by atoms with van der Waals surface area (Å²) in [5, 5.41) is 0. The van der Waals surface area contributed by atoms with Gasteiger partial charge in [-0.3, -0.25) is 9.71 Å². The zero-order chi connectivity index (χ0) is 15.5. The number of anilines is 1. The summed E-state index contributed by atoms with van der Waals surface area (Å²) < 4.78 is 30.6. The third-order valence-corrected chi connectivity index (χ3v) is 3.51. The van der Waals surface area contributed by atoms with Gasteiger partial charge in [0.05, 0.1) is 12.9 Å². The van der Waals surface area contributed by atoms with Gasteiger partial charge in [0.15, 0.2) is 0 Å². The number of pyridine rings is 1. The van der Waals surface area contributed by atoms with Crippen molar-refractivity contribution in [3.05, 3.63) is 42.2 Å². The molecule has 0 aliphatic rings. The van der Waals surface area contributed by atoms with Crippen LogP contribution in [-0.2, 0) is 10.0 Å². The van der Waals surface area contributed by atoms with E-state index in [1.165, 1.54) is 0 Å². The maximum atomic E-state index is 11.3. The van der Waals surface area contributed by atoms with Crippen molar-refractivity contribution in [3.8, 4) is 16.9 Å². The summed E-state index contributed by atoms with van der Waals surface area (Å²) in [4.78, 5) is 4.14. The van der Waals surface area contributed by atoms with E-state index in [0.717, 1.165) is 28.7 Å². The third-order valence-electron chi connectivity index (χ3n) is 2.90. The molecule has 0 atom stereocenters. The Hall–Kier alpha value is -2.08. The molecule has 0 aliphatic carbocycles. The van der Waals surface area contributed by atoms with Crippen LogP contribution in [0.4, 0.5) is 5.69 Å². The second kappa shape index (κ2) is 6.13. The first-order valence-corrected chi connectivity index (χ1v) is 8.45. The maximum absolute atomic E-state index is 11.3. The van der Waals surface area contributed by atoms with Crippen LogP contribution < -0.4 is 9.46 Å². The van der Waals surface area contributed by atoms with Crippen LogP contribution in [0, 0.1) is 6.92 Å². The number of rotatable bonds is 5. The largest absolute Gasteiger partial charge is 0.493 e. The van der Waals surface area contributed by atoms with Crippen molar-refractivity contribution in [3.63, 3.8) is 0 Å². The number of benzene rings is 1. The summed E-state index contributed by atoms with van der Waals surface area (Å²) >= 11 is 0. The molecule has 0 fully saturated rings. The van der Waals surface area contributed by atoms with Gasteiger partial charge >= 0.3 is 0 Å². The summed E-state index contributed by atoms with van der Waals surface area (Å²) in [5.74, 6) is 0.763. The minimum absolute atomic E-state index is 0.542. The minimum atomic E-state index is -3.28. The average molecular weight is 306 g/mol. The lowest BCUT2D eigenvalue weighted by molar-refractivity contribution is 0.341. The molecule has 0 aliphatic heterocycles. The summed E-state index contributed by atoms with van der Waals surface area (Å²) in [7, 11) is -3.28. The van der Waals surface area contributed by atoms with E-state index in [0.29, 0.717) is 12.3 Å². The highest BCUT2D eigenvalue weighted by Gasteiger charge is 2.10. The molecule has 2 rings (SSSR count). The van der Waals surface area contributed by atoms with Gasteiger partial charge in [-0.1, -0.05) is 6.07 Å². The maximum Gasteiger partial charge on any atom is 0.229 e. The number of ether oxygens (including phenoxy) is 1. The standard InChI is InChI=1S/C15H18N2O3S/c1-4-20-15-7-8-16-10-14(15)13-6-5-12(9-11(13)2)17-21(3,18)19/h5-10,17H,4H2,1-3H3. The van der Waals surface area contributed by atoms with Crippen LogP contribution in [0.25, 0.3) is 11.1 Å². The molecule has 6 heteroatoms. The average Bonchev–Trinajstić information content (AvgIpc) is 2.38. The van der Waals surface area contributed by atoms with E-state index >= 15 is 0 Å². The van der Waals surface area contributed by atoms with E-state index in [-0.39, 0.29) is 0 Å². The number of hydrogen-bond acceptors (Lipinski definition) is 4. The predicted octanol–water partition coefficient (Wildman–Crippen LogP) is 2.83. The first kappa shape index (κ1) is 15.3. The second-order valence-electron chi connectivity index (χ2n) is 4.71. The molecule has 0 radical (unpaired) electrons. The van der Waals surface area contributed by atoms with Crippen molar-refractivity contribution >= 4 is 15.7 Å². The smallest absolute Gasteiger partial charge is 0.229 e. The normalized spacial score (nSPS) is 11.2. The predicted molar refractivity (Wildman–Crippen MR) is 84.0 cm³/mol. The number of aromatic nitrogens is 1. The van der Waals surface area contributed by atoms with E-state index in [2.05, 4.69) is 9.71 Å². The lowest BCUT2D eigenvalue weighted by Crippen LogP contribution is -2.09. The zero-order valence-electron chi connectivity index (χ0n) is 12.3. The van der Waals surface area contributed by atoms with Gasteiger partial charge in [-0.05, 0) is 43.2 Å². The van der Waals surface area contributed by atoms with Gasteiger partial charge in [-0.15, -0.1) is 0 Å². The van der Waals surface area contributed by atoms with Gasteiger partial charge in [0.1, 0.15) is 5.75 Å². The number of nitrogens with zero attached hydrogens (tertiary/aromatic N) is 1. The molecule has 1 heterocycles. The van der Waals surface area contributed by atoms with Gasteiger partial charge in [0.2, 0.25) is 10.0 Å². The summed E-state index contributed by atoms with van der Waals surface area (Å²) in [6, 6.07) is 7.20. The van der Waals surface area contributed by atoms with Crippen molar-refractivity contribution in [1.82, 2.24) is 4.98 Å². The van der Waals surface area contributed by atoms with E-state index in [1.54, 1.807) is 24.5 Å². The molecule has 21 heavy (non-hydrogen) atoms. The van der Waals surface area contributed by atoms with Crippen LogP contribution >= 0.6 is 0 Å². The summed E-state index contributed by atoms with van der Waals surface area (Å²) in [6.45, 7) is 4.42. The molecule has 0 amide bonds. The monoisotopic (exact) mass is 306 g/mol. The lowest BCUT2D eigenvalue weighted by Gasteiger charge is -2.13. The Morgan fingerprint density at radius 2 is 2.00 bits per heavy atom. The van der Waals surface area contributed by atoms with Crippen LogP contribution in [-0.4, -0.2) is 26.3 Å². The highest BCUT2D eigenvalue weighted by molar-refractivity contribution is 7.92. The molecule has 0 unspecified atom stereocenters. The van der Waals surface area contributed by atoms with Crippen LogP contribution in [0.2, 0.25) is 0 Å². The Morgan fingerprint density at radius 3 is 2.62 bits per heavy atom. The van der Waals surface area contributed by atoms with Gasteiger partial charge in [-0.2, -0.15) is 0 Å². The van der Waals surface area contributed by atoms with Crippen LogP contribution in [0.5, 0.6) is 5.75 Å². The van der Waals surface area contributed by atoms with Gasteiger partial charge < -0.3 is 4.74 Å². The van der Waals surface area contributed by atoms with Crippen molar-refractivity contribution in [1.29, 1.82) is 0 Å². The molecule has 1 aromatic carbocycles. The van der Waals surface area contributed by atoms with E-state index in [9.17, 15) is 8.42 Å². The highest BCUT2D eigenvalue weighted by Crippen LogP contribution is 2.32. The van der Waals surface area contributed by atoms with E-state index < -0.39 is 10.0 Å². The molecule has 0 saturated carbocycles. The van der Waals surface area contributed by atoms with Crippen molar-refractivity contribution in [2.45, 2.75) is 13.8 Å². The fourth-order valence-corrected chi connectivity index (χ4v) is 2.66. The SMILES string of the molecule is CCOc1ccncc1-c1ccc(NS(C)(=O)=O)cc1C. The molecule has 1 aromatic heterocycles. The highest BCUT2D eigenvalue weighted by atomic mass is 32.2. The van der Waals surface area contributed by atoms with Crippen LogP contribution in [0.15, 0.2) is 36.7 Å². The first-order valence-electron chi connectivity index (χ1n) is 6.56. The fraction of sp³-hybridized carbons (Fsp3) is 0.267. The number of aryl methyl sites for hydroxylation is 1. The Bertz CT molecular complexity index is 742. The Balaban J connectivity index is 2.42. The molecule has 1 N–H and O–H groups in total. The molecule has 5 nitrogen and oxygen atoms in total. The van der Waals surface area contributed by atoms with Gasteiger partial charge in [0, 0.05) is 23.6 Å². The van der Waals surface area contributed by atoms with E-state index in [1.807, 2.05) is 26.0 Å².